The van der Waals surface area contributed by atoms with Gasteiger partial charge in [0.1, 0.15) is 0 Å². The third kappa shape index (κ3) is 3.21. The highest BCUT2D eigenvalue weighted by Gasteiger charge is 2.25. The number of aliphatic hydroxyl groups excluding tert-OH is 2. The largest absolute Gasteiger partial charge is 0.396 e. The van der Waals surface area contributed by atoms with Crippen LogP contribution in [0.4, 0.5) is 0 Å². The van der Waals surface area contributed by atoms with Crippen LogP contribution in [0.15, 0.2) is 0 Å². The molecule has 0 aromatic carbocycles. The molecule has 0 saturated heterocycles. The molecule has 0 heterocycles. The summed E-state index contributed by atoms with van der Waals surface area (Å²) in [6, 6.07) is 0. The average molecular weight is 165 g/mol. The van der Waals surface area contributed by atoms with E-state index in [1.807, 2.05) is 6.92 Å². The summed E-state index contributed by atoms with van der Waals surface area (Å²) in [6.07, 6.45) is -1.13. The van der Waals surface area contributed by atoms with Crippen LogP contribution in [0.25, 0.3) is 0 Å². The maximum Gasteiger partial charge on any atom is 0.0509 e. The summed E-state index contributed by atoms with van der Waals surface area (Å²) in [4.78, 5) is 0. The first kappa shape index (κ1) is 4.83. The van der Waals surface area contributed by atoms with Crippen molar-refractivity contribution in [2.75, 3.05) is 13.2 Å². The number of unbranched alkanes of at least 4 members (excludes halogenated alkanes) is 1. The van der Waals surface area contributed by atoms with Crippen molar-refractivity contribution in [2.45, 2.75) is 39.4 Å². The standard InChI is InChI=1S/C9H20O2/c1-3-5-6-9(4-2,7-10)8-11/h10-11H,3-8H2,1-2H3/i2D3,4D2. The highest BCUT2D eigenvalue weighted by molar-refractivity contribution is 4.75. The summed E-state index contributed by atoms with van der Waals surface area (Å²) in [6.45, 7) is -2.32. The van der Waals surface area contributed by atoms with Gasteiger partial charge in [0, 0.05) is 12.3 Å². The van der Waals surface area contributed by atoms with Gasteiger partial charge in [0.15, 0.2) is 0 Å². The molecule has 0 rings (SSSR count). The van der Waals surface area contributed by atoms with Gasteiger partial charge in [-0.25, -0.2) is 0 Å². The molecular weight excluding hydrogens is 140 g/mol. The van der Waals surface area contributed by atoms with Gasteiger partial charge in [0.25, 0.3) is 0 Å². The molecule has 0 spiro atoms. The lowest BCUT2D eigenvalue weighted by atomic mass is 9.82. The van der Waals surface area contributed by atoms with E-state index in [1.165, 1.54) is 0 Å². The van der Waals surface area contributed by atoms with Gasteiger partial charge in [-0.05, 0) is 12.8 Å². The maximum atomic E-state index is 9.25. The first-order valence-corrected chi connectivity index (χ1v) is 3.90. The Morgan fingerprint density at radius 1 is 1.45 bits per heavy atom. The van der Waals surface area contributed by atoms with Crippen molar-refractivity contribution in [2.24, 2.45) is 5.41 Å². The van der Waals surface area contributed by atoms with Crippen LogP contribution in [0.1, 0.15) is 46.3 Å². The lowest BCUT2D eigenvalue weighted by Crippen LogP contribution is -2.28. The van der Waals surface area contributed by atoms with Crippen molar-refractivity contribution in [3.63, 3.8) is 0 Å². The zero-order valence-corrected chi connectivity index (χ0v) is 6.93. The fourth-order valence-electron chi connectivity index (χ4n) is 0.865. The van der Waals surface area contributed by atoms with Gasteiger partial charge < -0.3 is 10.2 Å². The predicted molar refractivity (Wildman–Crippen MR) is 46.4 cm³/mol. The van der Waals surface area contributed by atoms with E-state index < -0.39 is 31.9 Å². The molecule has 0 aromatic heterocycles. The van der Waals surface area contributed by atoms with E-state index in [2.05, 4.69) is 0 Å². The molecule has 11 heavy (non-hydrogen) atoms. The second-order valence-corrected chi connectivity index (χ2v) is 2.83. The normalized spacial score (nSPS) is 21.2. The Labute approximate surface area is 76.3 Å². The van der Waals surface area contributed by atoms with Gasteiger partial charge in [-0.2, -0.15) is 0 Å². The molecule has 0 amide bonds. The molecule has 2 nitrogen and oxygen atoms in total. The van der Waals surface area contributed by atoms with Crippen molar-refractivity contribution >= 4 is 0 Å². The predicted octanol–water partition coefficient (Wildman–Crippen LogP) is 1.56. The molecule has 0 atom stereocenters. The van der Waals surface area contributed by atoms with E-state index >= 15 is 0 Å². The van der Waals surface area contributed by atoms with E-state index in [0.717, 1.165) is 6.42 Å². The quantitative estimate of drug-likeness (QED) is 0.627. The van der Waals surface area contributed by atoms with Crippen LogP contribution in [0, 0.1) is 5.41 Å². The van der Waals surface area contributed by atoms with Crippen LogP contribution in [-0.4, -0.2) is 23.4 Å². The third-order valence-corrected chi connectivity index (χ3v) is 1.88. The van der Waals surface area contributed by atoms with Crippen LogP contribution < -0.4 is 0 Å². The molecule has 0 bridgehead atoms. The molecule has 0 saturated carbocycles. The van der Waals surface area contributed by atoms with Gasteiger partial charge in [-0.1, -0.05) is 26.6 Å². The van der Waals surface area contributed by atoms with Crippen molar-refractivity contribution < 1.29 is 17.1 Å². The van der Waals surface area contributed by atoms with Crippen LogP contribution in [-0.2, 0) is 0 Å². The maximum absolute atomic E-state index is 9.25. The minimum absolute atomic E-state index is 0.155. The Balaban J connectivity index is 5.16. The van der Waals surface area contributed by atoms with Crippen LogP contribution in [0.3, 0.4) is 0 Å². The minimum atomic E-state index is -2.85. The Hall–Kier alpha value is -0.0800. The molecule has 0 unspecified atom stereocenters. The van der Waals surface area contributed by atoms with Crippen molar-refractivity contribution in [3.05, 3.63) is 0 Å². The number of hydrogen-bond donors (Lipinski definition) is 2. The highest BCUT2D eigenvalue weighted by Crippen LogP contribution is 2.27. The molecule has 2 N–H and O–H groups in total. The summed E-state index contributed by atoms with van der Waals surface area (Å²) in [5.74, 6) is 0. The lowest BCUT2D eigenvalue weighted by Gasteiger charge is -2.27. The summed E-state index contributed by atoms with van der Waals surface area (Å²) in [5, 5.41) is 18.5. The van der Waals surface area contributed by atoms with E-state index in [0.29, 0.717) is 6.42 Å². The first-order valence-electron chi connectivity index (χ1n) is 6.40. The highest BCUT2D eigenvalue weighted by atomic mass is 16.3. The zero-order valence-electron chi connectivity index (χ0n) is 11.9. The van der Waals surface area contributed by atoms with Crippen LogP contribution >= 0.6 is 0 Å². The molecule has 0 aliphatic carbocycles. The monoisotopic (exact) mass is 165 g/mol. The van der Waals surface area contributed by atoms with E-state index in [-0.39, 0.29) is 6.42 Å². The minimum Gasteiger partial charge on any atom is -0.396 e. The molecule has 68 valence electrons. The SMILES string of the molecule is [2H]C([2H])([2H])C([2H])([2H])C(CO)(CO)CCCC. The Morgan fingerprint density at radius 2 is 2.09 bits per heavy atom. The van der Waals surface area contributed by atoms with Crippen molar-refractivity contribution in [3.8, 4) is 0 Å². The molecule has 0 radical (unpaired) electrons. The lowest BCUT2D eigenvalue weighted by molar-refractivity contribution is 0.0420. The average Bonchev–Trinajstić information content (AvgIpc) is 2.18. The van der Waals surface area contributed by atoms with E-state index in [4.69, 9.17) is 6.85 Å². The fourth-order valence-corrected chi connectivity index (χ4v) is 0.865. The van der Waals surface area contributed by atoms with Crippen molar-refractivity contribution in [1.29, 1.82) is 0 Å². The number of rotatable bonds is 6. The second-order valence-electron chi connectivity index (χ2n) is 2.83. The molecule has 0 aromatic rings. The molecule has 0 aliphatic heterocycles. The smallest absolute Gasteiger partial charge is 0.0509 e. The molecular formula is C9H20O2. The molecule has 2 heteroatoms. The summed E-state index contributed by atoms with van der Waals surface area (Å²) < 4.78 is 36.8. The fraction of sp³-hybridized carbons (Fsp3) is 1.00. The van der Waals surface area contributed by atoms with E-state index in [9.17, 15) is 10.2 Å². The first-order chi connectivity index (χ1) is 7.18. The summed E-state index contributed by atoms with van der Waals surface area (Å²) in [7, 11) is 0. The number of aliphatic hydroxyl groups is 2. The second kappa shape index (κ2) is 5.56. The summed E-state index contributed by atoms with van der Waals surface area (Å²) in [5.41, 5.74) is -1.60. The van der Waals surface area contributed by atoms with Crippen molar-refractivity contribution in [1.82, 2.24) is 0 Å². The van der Waals surface area contributed by atoms with Gasteiger partial charge in [-0.15, -0.1) is 0 Å². The van der Waals surface area contributed by atoms with Crippen LogP contribution in [0.5, 0.6) is 0 Å². The topological polar surface area (TPSA) is 40.5 Å². The Kier molecular flexibility index (Phi) is 2.44. The third-order valence-electron chi connectivity index (χ3n) is 1.88. The van der Waals surface area contributed by atoms with Crippen LogP contribution in [0.2, 0.25) is 0 Å². The summed E-state index contributed by atoms with van der Waals surface area (Å²) >= 11 is 0. The van der Waals surface area contributed by atoms with Gasteiger partial charge in [-0.3, -0.25) is 0 Å². The van der Waals surface area contributed by atoms with Gasteiger partial charge in [0.2, 0.25) is 0 Å². The van der Waals surface area contributed by atoms with Gasteiger partial charge in [0.05, 0.1) is 13.2 Å². The molecule has 0 fully saturated rings. The Bertz CT molecular complexity index is 210. The Morgan fingerprint density at radius 3 is 2.45 bits per heavy atom. The zero-order chi connectivity index (χ0) is 13.0. The molecule has 0 aliphatic rings. The van der Waals surface area contributed by atoms with Gasteiger partial charge >= 0.3 is 0 Å². The van der Waals surface area contributed by atoms with E-state index in [1.54, 1.807) is 0 Å². The number of hydrogen-bond acceptors (Lipinski definition) is 2.